The van der Waals surface area contributed by atoms with Crippen LogP contribution in [0.15, 0.2) is 0 Å². The number of carboxylic acid groups (broad SMARTS) is 1. The zero-order valence-electron chi connectivity index (χ0n) is 27.4. The second kappa shape index (κ2) is 25.5. The number of imide groups is 1. The predicted octanol–water partition coefficient (Wildman–Crippen LogP) is 2.27. The van der Waals surface area contributed by atoms with Crippen molar-refractivity contribution in [3.8, 4) is 0 Å². The van der Waals surface area contributed by atoms with Gasteiger partial charge in [0.2, 0.25) is 35.9 Å². The van der Waals surface area contributed by atoms with Crippen molar-refractivity contribution in [2.45, 2.75) is 123 Å². The SMILES string of the molecule is CC.CC(C)NC(=O)C(C)NC(=O)CCN1C(=O)CC(SC(C)C)C1=O.CC(NC=O)C(=O)NCSCCCCCC(=O)O. The van der Waals surface area contributed by atoms with Gasteiger partial charge in [-0.1, -0.05) is 34.1 Å². The molecule has 1 heterocycles. The number of carboxylic acids is 1. The minimum atomic E-state index is -0.758. The van der Waals surface area contributed by atoms with Crippen LogP contribution in [0.4, 0.5) is 0 Å². The summed E-state index contributed by atoms with van der Waals surface area (Å²) in [6.45, 7) is 14.9. The van der Waals surface area contributed by atoms with Crippen LogP contribution in [0.2, 0.25) is 0 Å². The Balaban J connectivity index is 0. The minimum Gasteiger partial charge on any atom is -0.481 e. The molecule has 0 radical (unpaired) electrons. The topological polar surface area (TPSA) is 191 Å². The van der Waals surface area contributed by atoms with Crippen LogP contribution in [-0.4, -0.2) is 98.7 Å². The maximum Gasteiger partial charge on any atom is 0.303 e. The van der Waals surface area contributed by atoms with Crippen LogP contribution in [0.1, 0.15) is 93.9 Å². The van der Waals surface area contributed by atoms with E-state index in [1.54, 1.807) is 25.6 Å². The number of carbonyl (C=O) groups is 7. The molecule has 0 aromatic rings. The van der Waals surface area contributed by atoms with E-state index < -0.39 is 18.1 Å². The van der Waals surface area contributed by atoms with Gasteiger partial charge in [-0.15, -0.1) is 23.5 Å². The van der Waals surface area contributed by atoms with Crippen LogP contribution in [-0.2, 0) is 33.6 Å². The lowest BCUT2D eigenvalue weighted by atomic mass is 10.2. The summed E-state index contributed by atoms with van der Waals surface area (Å²) in [7, 11) is 0. The van der Waals surface area contributed by atoms with Gasteiger partial charge in [-0.3, -0.25) is 38.5 Å². The second-order valence-electron chi connectivity index (χ2n) is 10.3. The number of hydrogen-bond acceptors (Lipinski definition) is 9. The number of amides is 6. The van der Waals surface area contributed by atoms with Crippen molar-refractivity contribution in [3.05, 3.63) is 0 Å². The van der Waals surface area contributed by atoms with Gasteiger partial charge in [0.25, 0.3) is 0 Å². The Morgan fingerprint density at radius 1 is 0.932 bits per heavy atom. The Hall–Kier alpha value is -2.81. The Kier molecular flexibility index (Phi) is 25.1. The van der Waals surface area contributed by atoms with E-state index in [1.165, 1.54) is 11.8 Å². The molecule has 0 bridgehead atoms. The molecular weight excluding hydrogens is 610 g/mol. The van der Waals surface area contributed by atoms with E-state index in [4.69, 9.17) is 5.11 Å². The first-order chi connectivity index (χ1) is 20.7. The van der Waals surface area contributed by atoms with E-state index in [0.29, 0.717) is 18.7 Å². The third-order valence-electron chi connectivity index (χ3n) is 5.64. The van der Waals surface area contributed by atoms with Crippen LogP contribution in [0, 0.1) is 0 Å². The molecule has 254 valence electrons. The Labute approximate surface area is 270 Å². The van der Waals surface area contributed by atoms with Crippen molar-refractivity contribution >= 4 is 65.4 Å². The predicted molar refractivity (Wildman–Crippen MR) is 175 cm³/mol. The lowest BCUT2D eigenvalue weighted by Crippen LogP contribution is -2.47. The Morgan fingerprint density at radius 2 is 1.57 bits per heavy atom. The van der Waals surface area contributed by atoms with Crippen LogP contribution in [0.3, 0.4) is 0 Å². The molecule has 0 spiro atoms. The highest BCUT2D eigenvalue weighted by Gasteiger charge is 2.39. The van der Waals surface area contributed by atoms with Crippen molar-refractivity contribution in [2.75, 3.05) is 18.2 Å². The zero-order chi connectivity index (χ0) is 34.2. The van der Waals surface area contributed by atoms with E-state index in [2.05, 4.69) is 21.3 Å². The molecule has 1 rings (SSSR count). The summed E-state index contributed by atoms with van der Waals surface area (Å²) < 4.78 is 0. The van der Waals surface area contributed by atoms with Gasteiger partial charge in [0, 0.05) is 31.8 Å². The summed E-state index contributed by atoms with van der Waals surface area (Å²) in [6.07, 6.45) is 3.43. The largest absolute Gasteiger partial charge is 0.481 e. The van der Waals surface area contributed by atoms with Gasteiger partial charge in [-0.05, 0) is 51.5 Å². The highest BCUT2D eigenvalue weighted by molar-refractivity contribution is 8.01. The number of thioether (sulfide) groups is 2. The highest BCUT2D eigenvalue weighted by Crippen LogP contribution is 2.28. The van der Waals surface area contributed by atoms with E-state index in [0.717, 1.165) is 23.5 Å². The minimum absolute atomic E-state index is 0.00412. The molecule has 44 heavy (non-hydrogen) atoms. The average molecular weight is 664 g/mol. The summed E-state index contributed by atoms with van der Waals surface area (Å²) in [5, 5.41) is 18.7. The number of likely N-dealkylation sites (tertiary alicyclic amines) is 1. The fourth-order valence-corrected chi connectivity index (χ4v) is 5.44. The molecule has 3 atom stereocenters. The molecule has 6 amide bonds. The Bertz CT molecular complexity index is 920. The quantitative estimate of drug-likeness (QED) is 0.0593. The smallest absolute Gasteiger partial charge is 0.303 e. The lowest BCUT2D eigenvalue weighted by Gasteiger charge is -2.18. The maximum atomic E-state index is 12.2. The summed E-state index contributed by atoms with van der Waals surface area (Å²) >= 11 is 3.05. The molecule has 15 heteroatoms. The standard InChI is InChI=1S/C16H27N3O4S.C11H20N2O4S.C2H6/c1-9(2)17-15(22)11(5)18-13(20)6-7-19-14(21)8-12(16(19)23)24-10(3)4;1-9(12-7-14)11(17)13-8-18-6-4-2-3-5-10(15)16;1-2/h9-12H,6-8H2,1-5H3,(H,17,22)(H,18,20);7,9H,2-6,8H2,1H3,(H,12,14)(H,13,17)(H,15,16);1-2H3. The van der Waals surface area contributed by atoms with Gasteiger partial charge in [0.1, 0.15) is 12.1 Å². The first-order valence-corrected chi connectivity index (χ1v) is 17.2. The summed E-state index contributed by atoms with van der Waals surface area (Å²) in [5.74, 6) is -0.666. The van der Waals surface area contributed by atoms with Crippen molar-refractivity contribution in [1.82, 2.24) is 26.2 Å². The molecule has 5 N–H and O–H groups in total. The molecule has 1 fully saturated rings. The third kappa shape index (κ3) is 21.0. The number of aliphatic carboxylic acids is 1. The van der Waals surface area contributed by atoms with Crippen molar-refractivity contribution in [1.29, 1.82) is 0 Å². The normalized spacial score (nSPS) is 15.3. The number of carbonyl (C=O) groups excluding carboxylic acids is 6. The van der Waals surface area contributed by atoms with E-state index in [1.807, 2.05) is 41.5 Å². The summed E-state index contributed by atoms with van der Waals surface area (Å²) in [6, 6.07) is -1.18. The molecule has 1 aliphatic rings. The first-order valence-electron chi connectivity index (χ1n) is 15.1. The number of nitrogens with one attached hydrogen (secondary N) is 4. The Morgan fingerprint density at radius 3 is 2.11 bits per heavy atom. The molecule has 0 aliphatic carbocycles. The van der Waals surface area contributed by atoms with Crippen LogP contribution >= 0.6 is 23.5 Å². The van der Waals surface area contributed by atoms with Gasteiger partial charge >= 0.3 is 5.97 Å². The second-order valence-corrected chi connectivity index (χ2v) is 13.2. The molecule has 0 aromatic heterocycles. The van der Waals surface area contributed by atoms with Gasteiger partial charge in [-0.2, -0.15) is 0 Å². The molecule has 3 unspecified atom stereocenters. The molecule has 1 aliphatic heterocycles. The van der Waals surface area contributed by atoms with Crippen molar-refractivity contribution in [3.63, 3.8) is 0 Å². The molecule has 0 aromatic carbocycles. The average Bonchev–Trinajstić information content (AvgIpc) is 3.20. The fraction of sp³-hybridized carbons (Fsp3) is 0.759. The molecular formula is C29H53N5O8S2. The molecule has 1 saturated heterocycles. The van der Waals surface area contributed by atoms with Gasteiger partial charge in [0.15, 0.2) is 0 Å². The van der Waals surface area contributed by atoms with E-state index in [9.17, 15) is 33.6 Å². The van der Waals surface area contributed by atoms with E-state index >= 15 is 0 Å². The molecule has 13 nitrogen and oxygen atoms in total. The molecule has 0 saturated carbocycles. The van der Waals surface area contributed by atoms with E-state index in [-0.39, 0.29) is 71.9 Å². The van der Waals surface area contributed by atoms with Crippen molar-refractivity contribution in [2.24, 2.45) is 0 Å². The lowest BCUT2D eigenvalue weighted by molar-refractivity contribution is -0.139. The highest BCUT2D eigenvalue weighted by atomic mass is 32.2. The van der Waals surface area contributed by atoms with Gasteiger partial charge in [0.05, 0.1) is 11.1 Å². The fourth-order valence-electron chi connectivity index (χ4n) is 3.51. The monoisotopic (exact) mass is 663 g/mol. The summed E-state index contributed by atoms with van der Waals surface area (Å²) in [5.41, 5.74) is 0. The van der Waals surface area contributed by atoms with Crippen LogP contribution in [0.25, 0.3) is 0 Å². The number of unbranched alkanes of at least 4 members (excludes halogenated alkanes) is 2. The zero-order valence-corrected chi connectivity index (χ0v) is 29.0. The van der Waals surface area contributed by atoms with Crippen LogP contribution in [0.5, 0.6) is 0 Å². The number of nitrogens with zero attached hydrogens (tertiary/aromatic N) is 1. The van der Waals surface area contributed by atoms with Gasteiger partial charge in [-0.25, -0.2) is 0 Å². The third-order valence-corrected chi connectivity index (χ3v) is 7.81. The summed E-state index contributed by atoms with van der Waals surface area (Å²) in [4.78, 5) is 80.7. The number of rotatable bonds is 19. The van der Waals surface area contributed by atoms with Crippen molar-refractivity contribution < 1.29 is 38.7 Å². The maximum absolute atomic E-state index is 12.2. The number of hydrogen-bond donors (Lipinski definition) is 5. The van der Waals surface area contributed by atoms with Crippen LogP contribution < -0.4 is 21.3 Å². The first kappa shape index (κ1) is 43.3. The van der Waals surface area contributed by atoms with Gasteiger partial charge < -0.3 is 26.4 Å².